The molecule has 1 N–H and O–H groups in total. The number of carbonyl (C=O) groups excluding carboxylic acids is 1. The van der Waals surface area contributed by atoms with E-state index in [0.717, 1.165) is 0 Å². The molecule has 1 aromatic rings. The maximum absolute atomic E-state index is 12.4. The second kappa shape index (κ2) is 9.04. The van der Waals surface area contributed by atoms with E-state index >= 15 is 0 Å². The Bertz CT molecular complexity index is 503. The summed E-state index contributed by atoms with van der Waals surface area (Å²) in [6, 6.07) is 6.91. The van der Waals surface area contributed by atoms with Crippen molar-refractivity contribution in [2.24, 2.45) is 5.92 Å². The van der Waals surface area contributed by atoms with Gasteiger partial charge in [-0.1, -0.05) is 19.1 Å². The van der Waals surface area contributed by atoms with E-state index in [0.29, 0.717) is 31.1 Å². The van der Waals surface area contributed by atoms with Crippen LogP contribution in [0.2, 0.25) is 0 Å². The molecule has 0 heterocycles. The summed E-state index contributed by atoms with van der Waals surface area (Å²) in [6.07, 6.45) is 0. The van der Waals surface area contributed by atoms with Crippen LogP contribution in [0.4, 0.5) is 0 Å². The molecule has 0 aliphatic carbocycles. The number of aliphatic carboxylic acids is 1. The summed E-state index contributed by atoms with van der Waals surface area (Å²) in [5.41, 5.74) is 0.416. The number of nitrogens with zero attached hydrogens (tertiary/aromatic N) is 1. The third kappa shape index (κ3) is 5.37. The van der Waals surface area contributed by atoms with Gasteiger partial charge in [0.15, 0.2) is 0 Å². The Labute approximate surface area is 130 Å². The average Bonchev–Trinajstić information content (AvgIpc) is 2.51. The van der Waals surface area contributed by atoms with E-state index < -0.39 is 11.9 Å². The Morgan fingerprint density at radius 1 is 1.27 bits per heavy atom. The standard InChI is InChI=1S/C16H23NO5/c1-4-21-9-10-22-14-8-6-5-7-13(14)15(18)17(3)11-12(2)16(19)20/h5-8,12H,4,9-11H2,1-3H3,(H,19,20). The molecule has 0 radical (unpaired) electrons. The molecule has 0 aromatic heterocycles. The van der Waals surface area contributed by atoms with Crippen LogP contribution in [0.1, 0.15) is 24.2 Å². The van der Waals surface area contributed by atoms with Crippen LogP contribution >= 0.6 is 0 Å². The molecule has 1 amide bonds. The fraction of sp³-hybridized carbons (Fsp3) is 0.500. The van der Waals surface area contributed by atoms with Gasteiger partial charge in [0.05, 0.1) is 18.1 Å². The van der Waals surface area contributed by atoms with Crippen molar-refractivity contribution in [1.82, 2.24) is 4.90 Å². The molecule has 122 valence electrons. The van der Waals surface area contributed by atoms with Gasteiger partial charge in [-0.2, -0.15) is 0 Å². The van der Waals surface area contributed by atoms with Crippen LogP contribution in [-0.2, 0) is 9.53 Å². The lowest BCUT2D eigenvalue weighted by molar-refractivity contribution is -0.141. The largest absolute Gasteiger partial charge is 0.490 e. The van der Waals surface area contributed by atoms with Gasteiger partial charge in [-0.05, 0) is 19.1 Å². The number of carbonyl (C=O) groups is 2. The van der Waals surface area contributed by atoms with E-state index in [4.69, 9.17) is 14.6 Å². The summed E-state index contributed by atoms with van der Waals surface area (Å²) in [6.45, 7) is 5.02. The van der Waals surface area contributed by atoms with Crippen LogP contribution in [0, 0.1) is 5.92 Å². The Morgan fingerprint density at radius 2 is 1.95 bits per heavy atom. The lowest BCUT2D eigenvalue weighted by Gasteiger charge is -2.21. The zero-order chi connectivity index (χ0) is 16.5. The number of hydrogen-bond donors (Lipinski definition) is 1. The predicted octanol–water partition coefficient (Wildman–Crippen LogP) is 1.89. The van der Waals surface area contributed by atoms with Crippen molar-refractivity contribution >= 4 is 11.9 Å². The molecule has 22 heavy (non-hydrogen) atoms. The zero-order valence-corrected chi connectivity index (χ0v) is 13.2. The molecule has 0 saturated heterocycles. The lowest BCUT2D eigenvalue weighted by Crippen LogP contribution is -2.34. The number of amides is 1. The summed E-state index contributed by atoms with van der Waals surface area (Å²) in [7, 11) is 1.58. The topological polar surface area (TPSA) is 76.1 Å². The molecule has 6 heteroatoms. The first-order valence-corrected chi connectivity index (χ1v) is 7.25. The smallest absolute Gasteiger partial charge is 0.308 e. The summed E-state index contributed by atoms with van der Waals surface area (Å²) in [5, 5.41) is 8.93. The molecular formula is C16H23NO5. The highest BCUT2D eigenvalue weighted by Gasteiger charge is 2.20. The quantitative estimate of drug-likeness (QED) is 0.705. The van der Waals surface area contributed by atoms with Crippen LogP contribution in [0.25, 0.3) is 0 Å². The van der Waals surface area contributed by atoms with Crippen LogP contribution in [0.15, 0.2) is 24.3 Å². The highest BCUT2D eigenvalue weighted by atomic mass is 16.5. The molecule has 0 aliphatic heterocycles. The van der Waals surface area contributed by atoms with Gasteiger partial charge in [0, 0.05) is 20.2 Å². The van der Waals surface area contributed by atoms with Gasteiger partial charge in [0.25, 0.3) is 5.91 Å². The van der Waals surface area contributed by atoms with Crippen LogP contribution in [0.3, 0.4) is 0 Å². The Kier molecular flexibility index (Phi) is 7.39. The number of para-hydroxylation sites is 1. The summed E-state index contributed by atoms with van der Waals surface area (Å²) in [5.74, 6) is -1.34. The monoisotopic (exact) mass is 309 g/mol. The van der Waals surface area contributed by atoms with Crippen molar-refractivity contribution in [3.8, 4) is 5.75 Å². The first kappa shape index (κ1) is 18.0. The fourth-order valence-corrected chi connectivity index (χ4v) is 1.90. The molecule has 0 saturated carbocycles. The van der Waals surface area contributed by atoms with Crippen molar-refractivity contribution in [1.29, 1.82) is 0 Å². The van der Waals surface area contributed by atoms with E-state index in [1.807, 2.05) is 6.92 Å². The maximum atomic E-state index is 12.4. The average molecular weight is 309 g/mol. The third-order valence-corrected chi connectivity index (χ3v) is 3.12. The lowest BCUT2D eigenvalue weighted by atomic mass is 10.1. The summed E-state index contributed by atoms with van der Waals surface area (Å²) < 4.78 is 10.8. The van der Waals surface area contributed by atoms with Crippen molar-refractivity contribution in [2.45, 2.75) is 13.8 Å². The molecule has 1 unspecified atom stereocenters. The number of hydrogen-bond acceptors (Lipinski definition) is 4. The molecule has 0 spiro atoms. The minimum Gasteiger partial charge on any atom is -0.490 e. The molecular weight excluding hydrogens is 286 g/mol. The Morgan fingerprint density at radius 3 is 2.59 bits per heavy atom. The summed E-state index contributed by atoms with van der Waals surface area (Å²) >= 11 is 0. The van der Waals surface area contributed by atoms with Crippen molar-refractivity contribution < 1.29 is 24.2 Å². The van der Waals surface area contributed by atoms with Gasteiger partial charge in [-0.15, -0.1) is 0 Å². The number of benzene rings is 1. The van der Waals surface area contributed by atoms with Crippen LogP contribution < -0.4 is 4.74 Å². The van der Waals surface area contributed by atoms with Crippen molar-refractivity contribution in [2.75, 3.05) is 33.4 Å². The Hall–Kier alpha value is -2.08. The van der Waals surface area contributed by atoms with Crippen molar-refractivity contribution in [3.05, 3.63) is 29.8 Å². The predicted molar refractivity (Wildman–Crippen MR) is 82.2 cm³/mol. The normalized spacial score (nSPS) is 11.8. The fourth-order valence-electron chi connectivity index (χ4n) is 1.90. The van der Waals surface area contributed by atoms with Gasteiger partial charge in [0.2, 0.25) is 0 Å². The molecule has 0 aliphatic rings. The third-order valence-electron chi connectivity index (χ3n) is 3.12. The minimum atomic E-state index is -0.930. The van der Waals surface area contributed by atoms with E-state index in [-0.39, 0.29) is 12.5 Å². The minimum absolute atomic E-state index is 0.140. The maximum Gasteiger partial charge on any atom is 0.308 e. The highest BCUT2D eigenvalue weighted by Crippen LogP contribution is 2.20. The van der Waals surface area contributed by atoms with E-state index in [1.54, 1.807) is 38.2 Å². The number of ether oxygens (including phenoxy) is 2. The number of carboxylic acid groups (broad SMARTS) is 1. The molecule has 1 atom stereocenters. The second-order valence-corrected chi connectivity index (χ2v) is 4.97. The molecule has 0 fully saturated rings. The van der Waals surface area contributed by atoms with Crippen molar-refractivity contribution in [3.63, 3.8) is 0 Å². The zero-order valence-electron chi connectivity index (χ0n) is 13.2. The van der Waals surface area contributed by atoms with Gasteiger partial charge in [-0.25, -0.2) is 0 Å². The highest BCUT2D eigenvalue weighted by molar-refractivity contribution is 5.97. The first-order valence-electron chi connectivity index (χ1n) is 7.25. The molecule has 6 nitrogen and oxygen atoms in total. The Balaban J connectivity index is 2.73. The van der Waals surface area contributed by atoms with E-state index in [1.165, 1.54) is 4.90 Å². The second-order valence-electron chi connectivity index (χ2n) is 4.97. The first-order chi connectivity index (χ1) is 10.5. The van der Waals surface area contributed by atoms with E-state index in [9.17, 15) is 9.59 Å². The number of carboxylic acids is 1. The molecule has 1 aromatic carbocycles. The SMILES string of the molecule is CCOCCOc1ccccc1C(=O)N(C)CC(C)C(=O)O. The molecule has 1 rings (SSSR count). The van der Waals surface area contributed by atoms with Crippen LogP contribution in [-0.4, -0.2) is 55.3 Å². The van der Waals surface area contributed by atoms with Gasteiger partial charge in [-0.3, -0.25) is 9.59 Å². The summed E-state index contributed by atoms with van der Waals surface area (Å²) in [4.78, 5) is 24.7. The number of rotatable bonds is 9. The molecule has 0 bridgehead atoms. The van der Waals surface area contributed by atoms with Crippen LogP contribution in [0.5, 0.6) is 5.75 Å². The van der Waals surface area contributed by atoms with Gasteiger partial charge in [0.1, 0.15) is 12.4 Å². The van der Waals surface area contributed by atoms with Gasteiger partial charge >= 0.3 is 5.97 Å². The van der Waals surface area contributed by atoms with Gasteiger partial charge < -0.3 is 19.5 Å². The van der Waals surface area contributed by atoms with E-state index in [2.05, 4.69) is 0 Å².